The van der Waals surface area contributed by atoms with E-state index in [9.17, 15) is 0 Å². The maximum atomic E-state index is 2.46. The van der Waals surface area contributed by atoms with E-state index in [0.29, 0.717) is 0 Å². The average Bonchev–Trinajstić information content (AvgIpc) is 3.36. The molecule has 1 aliphatic carbocycles. The molecule has 0 N–H and O–H groups in total. The highest BCUT2D eigenvalue weighted by Crippen LogP contribution is 2.64. The summed E-state index contributed by atoms with van der Waals surface area (Å²) in [6.07, 6.45) is 0. The molecule has 1 aliphatic heterocycles. The smallest absolute Gasteiger partial charge is 0.0754 e. The zero-order chi connectivity index (χ0) is 27.7. The monoisotopic (exact) mass is 533 g/mol. The quantitative estimate of drug-likeness (QED) is 0.214. The van der Waals surface area contributed by atoms with Gasteiger partial charge < -0.3 is 4.90 Å². The first kappa shape index (κ1) is 23.3. The number of nitrogens with zero attached hydrogens (tertiary/aromatic N) is 1. The maximum Gasteiger partial charge on any atom is 0.0754 e. The molecule has 2 aliphatic rings. The number of hydrogen-bond donors (Lipinski definition) is 0. The van der Waals surface area contributed by atoms with Crippen molar-refractivity contribution in [3.63, 3.8) is 0 Å². The van der Waals surface area contributed by atoms with Crippen LogP contribution in [0.2, 0.25) is 0 Å². The summed E-state index contributed by atoms with van der Waals surface area (Å²) in [5.74, 6) is 0. The lowest BCUT2D eigenvalue weighted by Gasteiger charge is -2.45. The van der Waals surface area contributed by atoms with E-state index in [1.807, 2.05) is 0 Å². The Hall–Kier alpha value is -5.40. The van der Waals surface area contributed by atoms with Gasteiger partial charge in [0.1, 0.15) is 0 Å². The van der Waals surface area contributed by atoms with Gasteiger partial charge in [0, 0.05) is 5.69 Å². The van der Waals surface area contributed by atoms with Crippen LogP contribution in [0.4, 0.5) is 17.1 Å². The molecule has 0 saturated carbocycles. The van der Waals surface area contributed by atoms with Gasteiger partial charge in [0.05, 0.1) is 16.8 Å². The van der Waals surface area contributed by atoms with E-state index < -0.39 is 5.41 Å². The first-order chi connectivity index (χ1) is 20.9. The molecule has 0 atom stereocenters. The number of benzene rings is 7. The molecule has 0 amide bonds. The van der Waals surface area contributed by atoms with Gasteiger partial charge in [-0.25, -0.2) is 0 Å². The summed E-state index contributed by atoms with van der Waals surface area (Å²) in [7, 11) is 0. The third-order valence-corrected chi connectivity index (χ3v) is 9.25. The van der Waals surface area contributed by atoms with Gasteiger partial charge in [-0.1, -0.05) is 133 Å². The van der Waals surface area contributed by atoms with Crippen LogP contribution in [0.25, 0.3) is 33.0 Å². The van der Waals surface area contributed by atoms with Gasteiger partial charge in [-0.2, -0.15) is 0 Å². The summed E-state index contributed by atoms with van der Waals surface area (Å²) in [6.45, 7) is 0. The fourth-order valence-electron chi connectivity index (χ4n) is 7.58. The average molecular weight is 534 g/mol. The minimum atomic E-state index is -0.460. The van der Waals surface area contributed by atoms with Crippen LogP contribution in [0.1, 0.15) is 22.3 Å². The zero-order valence-electron chi connectivity index (χ0n) is 23.0. The molecule has 1 heteroatoms. The standard InChI is InChI=1S/C41H27N/c1-3-13-28(14-4-1)30-23-25-33-37(27-30)41(36-26-24-29-15-7-8-18-32(29)40(33)36)34-19-9-11-21-38(34)42(31-16-5-2-6-17-31)39-22-12-10-20-35(39)41/h1-27H. The van der Waals surface area contributed by atoms with E-state index >= 15 is 0 Å². The number of para-hydroxylation sites is 3. The Bertz CT molecular complexity index is 2100. The molecule has 0 radical (unpaired) electrons. The molecule has 1 heterocycles. The van der Waals surface area contributed by atoms with Crippen LogP contribution in [0.15, 0.2) is 164 Å². The van der Waals surface area contributed by atoms with E-state index in [-0.39, 0.29) is 0 Å². The molecule has 0 saturated heterocycles. The Balaban J connectivity index is 1.46. The highest BCUT2D eigenvalue weighted by Gasteiger charge is 2.52. The minimum Gasteiger partial charge on any atom is -0.310 e. The van der Waals surface area contributed by atoms with Crippen molar-refractivity contribution in [3.05, 3.63) is 186 Å². The van der Waals surface area contributed by atoms with Crippen LogP contribution in [0, 0.1) is 0 Å². The van der Waals surface area contributed by atoms with Crippen LogP contribution >= 0.6 is 0 Å². The van der Waals surface area contributed by atoms with Crippen LogP contribution < -0.4 is 4.90 Å². The summed E-state index contributed by atoms with van der Waals surface area (Å²) in [6, 6.07) is 60.3. The predicted octanol–water partition coefficient (Wildman–Crippen LogP) is 10.7. The number of fused-ring (bicyclic) bond motifs is 11. The van der Waals surface area contributed by atoms with E-state index in [2.05, 4.69) is 169 Å². The maximum absolute atomic E-state index is 2.46. The van der Waals surface area contributed by atoms with Gasteiger partial charge >= 0.3 is 0 Å². The summed E-state index contributed by atoms with van der Waals surface area (Å²) < 4.78 is 0. The SMILES string of the molecule is c1ccc(-c2ccc3c(c2)C2(c4ccccc4N(c4ccccc4)c4ccccc42)c2ccc4ccccc4c2-3)cc1. The van der Waals surface area contributed by atoms with Gasteiger partial charge in [0.2, 0.25) is 0 Å². The lowest BCUT2D eigenvalue weighted by Crippen LogP contribution is -2.36. The first-order valence-corrected chi connectivity index (χ1v) is 14.6. The van der Waals surface area contributed by atoms with Gasteiger partial charge in [0.25, 0.3) is 0 Å². The van der Waals surface area contributed by atoms with Gasteiger partial charge in [-0.3, -0.25) is 0 Å². The van der Waals surface area contributed by atoms with Crippen molar-refractivity contribution >= 4 is 27.8 Å². The van der Waals surface area contributed by atoms with E-state index in [1.54, 1.807) is 0 Å². The van der Waals surface area contributed by atoms with Crippen LogP contribution in [0.5, 0.6) is 0 Å². The predicted molar refractivity (Wildman–Crippen MR) is 175 cm³/mol. The third-order valence-electron chi connectivity index (χ3n) is 9.25. The largest absolute Gasteiger partial charge is 0.310 e. The second kappa shape index (κ2) is 8.80. The topological polar surface area (TPSA) is 3.24 Å². The third kappa shape index (κ3) is 3.03. The summed E-state index contributed by atoms with van der Waals surface area (Å²) in [5.41, 5.74) is 13.6. The van der Waals surface area contributed by atoms with Crippen molar-refractivity contribution in [2.24, 2.45) is 0 Å². The Morgan fingerprint density at radius 1 is 0.405 bits per heavy atom. The van der Waals surface area contributed by atoms with Crippen molar-refractivity contribution in [1.29, 1.82) is 0 Å². The van der Waals surface area contributed by atoms with Gasteiger partial charge in [0.15, 0.2) is 0 Å². The normalized spacial score (nSPS) is 13.9. The Kier molecular flexibility index (Phi) is 4.88. The molecule has 1 spiro atoms. The first-order valence-electron chi connectivity index (χ1n) is 14.6. The molecule has 0 unspecified atom stereocenters. The molecular weight excluding hydrogens is 506 g/mol. The molecule has 0 bridgehead atoms. The minimum absolute atomic E-state index is 0.460. The summed E-state index contributed by atoms with van der Waals surface area (Å²) in [5, 5.41) is 2.58. The van der Waals surface area contributed by atoms with Crippen molar-refractivity contribution < 1.29 is 0 Å². The molecule has 0 aromatic heterocycles. The van der Waals surface area contributed by atoms with Crippen LogP contribution in [0.3, 0.4) is 0 Å². The van der Waals surface area contributed by atoms with Crippen molar-refractivity contribution in [1.82, 2.24) is 0 Å². The molecule has 7 aromatic rings. The van der Waals surface area contributed by atoms with E-state index in [0.717, 1.165) is 0 Å². The molecule has 196 valence electrons. The fraction of sp³-hybridized carbons (Fsp3) is 0.0244. The molecule has 9 rings (SSSR count). The Morgan fingerprint density at radius 3 is 1.76 bits per heavy atom. The number of hydrogen-bond acceptors (Lipinski definition) is 1. The lowest BCUT2D eigenvalue weighted by atomic mass is 9.64. The zero-order valence-corrected chi connectivity index (χ0v) is 23.0. The number of anilines is 3. The van der Waals surface area contributed by atoms with Crippen molar-refractivity contribution in [2.75, 3.05) is 4.90 Å². The Labute approximate surface area is 246 Å². The summed E-state index contributed by atoms with van der Waals surface area (Å²) >= 11 is 0. The highest BCUT2D eigenvalue weighted by molar-refractivity contribution is 6.06. The molecule has 42 heavy (non-hydrogen) atoms. The van der Waals surface area contributed by atoms with E-state index in [1.165, 1.54) is 72.3 Å². The van der Waals surface area contributed by atoms with Crippen molar-refractivity contribution in [2.45, 2.75) is 5.41 Å². The lowest BCUT2D eigenvalue weighted by molar-refractivity contribution is 0.753. The number of rotatable bonds is 2. The highest BCUT2D eigenvalue weighted by atomic mass is 15.2. The van der Waals surface area contributed by atoms with Crippen LogP contribution in [-0.2, 0) is 5.41 Å². The Morgan fingerprint density at radius 2 is 1.02 bits per heavy atom. The van der Waals surface area contributed by atoms with Crippen LogP contribution in [-0.4, -0.2) is 0 Å². The van der Waals surface area contributed by atoms with E-state index in [4.69, 9.17) is 0 Å². The molecule has 1 nitrogen and oxygen atoms in total. The van der Waals surface area contributed by atoms with Crippen molar-refractivity contribution in [3.8, 4) is 22.3 Å². The molecule has 7 aromatic carbocycles. The molecule has 0 fully saturated rings. The van der Waals surface area contributed by atoms with Gasteiger partial charge in [-0.15, -0.1) is 0 Å². The molecular formula is C41H27N. The van der Waals surface area contributed by atoms with Gasteiger partial charge in [-0.05, 0) is 85.6 Å². The summed E-state index contributed by atoms with van der Waals surface area (Å²) in [4.78, 5) is 2.44. The second-order valence-electron chi connectivity index (χ2n) is 11.3. The fourth-order valence-corrected chi connectivity index (χ4v) is 7.58. The second-order valence-corrected chi connectivity index (χ2v) is 11.3.